The van der Waals surface area contributed by atoms with Gasteiger partial charge in [0.2, 0.25) is 0 Å². The van der Waals surface area contributed by atoms with Crippen molar-refractivity contribution in [3.05, 3.63) is 23.8 Å². The molecule has 5 nitrogen and oxygen atoms in total. The van der Waals surface area contributed by atoms with Crippen LogP contribution in [-0.4, -0.2) is 60.1 Å². The zero-order valence-electron chi connectivity index (χ0n) is 20.8. The molecule has 0 aromatic heterocycles. The first-order chi connectivity index (χ1) is 14.2. The van der Waals surface area contributed by atoms with Crippen molar-refractivity contribution in [2.24, 2.45) is 0 Å². The van der Waals surface area contributed by atoms with Crippen molar-refractivity contribution >= 4 is 0 Å². The van der Waals surface area contributed by atoms with Crippen LogP contribution in [0.3, 0.4) is 0 Å². The number of methoxy groups -OCH3 is 1. The molecule has 2 N–H and O–H groups in total. The fraction of sp³-hybridized carbons (Fsp3) is 0.684. The first-order valence-corrected chi connectivity index (χ1v) is 8.24. The van der Waals surface area contributed by atoms with Gasteiger partial charge in [-0.25, -0.2) is 0 Å². The fourth-order valence-electron chi connectivity index (χ4n) is 3.28. The summed E-state index contributed by atoms with van der Waals surface area (Å²) in [6.45, 7) is -3.15. The molecule has 1 aromatic carbocycles. The molecule has 0 amide bonds. The molecular formula is C19H29NO4. The average Bonchev–Trinajstić information content (AvgIpc) is 2.89. The van der Waals surface area contributed by atoms with E-state index >= 15 is 0 Å². The van der Waals surface area contributed by atoms with Gasteiger partial charge in [0, 0.05) is 24.6 Å². The molecule has 1 heterocycles. The Kier molecular flexibility index (Phi) is 3.63. The van der Waals surface area contributed by atoms with Crippen molar-refractivity contribution in [3.63, 3.8) is 0 Å². The number of hydrogen-bond donors (Lipinski definition) is 2. The van der Waals surface area contributed by atoms with Gasteiger partial charge in [0.15, 0.2) is 11.5 Å². The summed E-state index contributed by atoms with van der Waals surface area (Å²) >= 11 is 0. The zero-order chi connectivity index (χ0) is 23.2. The Bertz CT molecular complexity index is 789. The van der Waals surface area contributed by atoms with E-state index in [0.29, 0.717) is 12.8 Å². The summed E-state index contributed by atoms with van der Waals surface area (Å²) in [6.07, 6.45) is -5.13. The van der Waals surface area contributed by atoms with Crippen LogP contribution in [0.2, 0.25) is 0 Å². The number of phenolic OH excluding ortho intramolecular Hbond substituents is 1. The van der Waals surface area contributed by atoms with Crippen LogP contribution in [-0.2, 0) is 11.1 Å². The third-order valence-corrected chi connectivity index (χ3v) is 4.56. The average molecular weight is 342 g/mol. The third kappa shape index (κ3) is 4.21. The number of β-amino-alcohol motifs (C(OH)–C–C–N with tert-alkyl or cyclic N) is 1. The van der Waals surface area contributed by atoms with Crippen LogP contribution in [0.25, 0.3) is 0 Å². The summed E-state index contributed by atoms with van der Waals surface area (Å²) in [7, 11) is 1.31. The quantitative estimate of drug-likeness (QED) is 0.831. The van der Waals surface area contributed by atoms with Gasteiger partial charge in [-0.3, -0.25) is 4.90 Å². The molecule has 2 aliphatic rings. The van der Waals surface area contributed by atoms with Crippen LogP contribution < -0.4 is 4.74 Å². The molecule has 0 radical (unpaired) electrons. The smallest absolute Gasteiger partial charge is 0.160 e. The molecule has 0 unspecified atom stereocenters. The summed E-state index contributed by atoms with van der Waals surface area (Å²) in [5.41, 5.74) is -0.0578. The van der Waals surface area contributed by atoms with Crippen molar-refractivity contribution in [2.45, 2.75) is 56.7 Å². The second-order valence-corrected chi connectivity index (χ2v) is 6.15. The second kappa shape index (κ2) is 8.19. The van der Waals surface area contributed by atoms with Crippen molar-refractivity contribution < 1.29 is 29.3 Å². The maximum Gasteiger partial charge on any atom is 0.160 e. The Hall–Kier alpha value is -1.30. The number of aryl methyl sites for hydroxylation is 1. The lowest BCUT2D eigenvalue weighted by atomic mass is 9.91. The monoisotopic (exact) mass is 342 g/mol. The van der Waals surface area contributed by atoms with E-state index in [1.54, 1.807) is 4.90 Å². The number of likely N-dealkylation sites (tertiary alicyclic amines) is 1. The number of aliphatic hydroxyl groups is 1. The molecule has 1 saturated carbocycles. The largest absolute Gasteiger partial charge is 0.504 e. The van der Waals surface area contributed by atoms with Gasteiger partial charge in [0.05, 0.1) is 30.0 Å². The lowest BCUT2D eigenvalue weighted by Gasteiger charge is -2.37. The van der Waals surface area contributed by atoms with Crippen molar-refractivity contribution in [3.8, 4) is 11.5 Å². The van der Waals surface area contributed by atoms with Gasteiger partial charge >= 0.3 is 0 Å². The Morgan fingerprint density at radius 3 is 3.00 bits per heavy atom. The van der Waals surface area contributed by atoms with Crippen LogP contribution in [0.5, 0.6) is 11.5 Å². The molecule has 0 spiro atoms. The van der Waals surface area contributed by atoms with E-state index in [1.807, 2.05) is 0 Å². The number of aromatic hydroxyl groups is 1. The van der Waals surface area contributed by atoms with Gasteiger partial charge in [0.1, 0.15) is 0 Å². The van der Waals surface area contributed by atoms with Gasteiger partial charge in [0.25, 0.3) is 0 Å². The van der Waals surface area contributed by atoms with E-state index in [4.69, 9.17) is 19.1 Å². The third-order valence-electron chi connectivity index (χ3n) is 4.56. The lowest BCUT2D eigenvalue weighted by Crippen LogP contribution is -2.46. The molecule has 1 aliphatic carbocycles. The van der Waals surface area contributed by atoms with E-state index in [2.05, 4.69) is 0 Å². The highest BCUT2D eigenvalue weighted by Gasteiger charge is 2.34. The molecule has 0 bridgehead atoms. The molecule has 5 heteroatoms. The maximum absolute atomic E-state index is 10.1. The molecular weight excluding hydrogens is 306 g/mol. The molecule has 1 saturated heterocycles. The fourth-order valence-corrected chi connectivity index (χ4v) is 3.28. The lowest BCUT2D eigenvalue weighted by molar-refractivity contribution is -0.0316. The minimum absolute atomic E-state index is 0.0155. The first kappa shape index (κ1) is 10.6. The van der Waals surface area contributed by atoms with Crippen molar-refractivity contribution in [1.82, 2.24) is 4.90 Å². The highest BCUT2D eigenvalue weighted by atomic mass is 16.5. The highest BCUT2D eigenvalue weighted by Crippen LogP contribution is 2.29. The van der Waals surface area contributed by atoms with E-state index in [-0.39, 0.29) is 30.2 Å². The summed E-state index contributed by atoms with van der Waals surface area (Å²) in [6, 6.07) is 3.28. The standard InChI is InChI=1S/C19H29NO4/c1-23-19-12-14(6-7-17(19)22)9-11-24-18-5-3-2-4-16(18)20-10-8-15(21)13-20/h6-7,12,15-16,18,21-22H,2-5,8-11,13H2,1H3/t15-,16-,18-/m1/s1/i8D2,9D2,11D2,15D. The highest BCUT2D eigenvalue weighted by molar-refractivity contribution is 5.41. The minimum atomic E-state index is -2.74. The molecule has 134 valence electrons. The van der Waals surface area contributed by atoms with Gasteiger partial charge < -0.3 is 19.7 Å². The molecule has 1 aromatic rings. The van der Waals surface area contributed by atoms with E-state index in [1.165, 1.54) is 25.3 Å². The number of benzene rings is 1. The van der Waals surface area contributed by atoms with Crippen molar-refractivity contribution in [2.75, 3.05) is 26.8 Å². The summed E-state index contributed by atoms with van der Waals surface area (Å²) < 4.78 is 68.1. The van der Waals surface area contributed by atoms with E-state index in [0.717, 1.165) is 12.8 Å². The van der Waals surface area contributed by atoms with Crippen molar-refractivity contribution in [1.29, 1.82) is 0 Å². The van der Waals surface area contributed by atoms with Gasteiger partial charge in [-0.1, -0.05) is 18.9 Å². The van der Waals surface area contributed by atoms with Crippen LogP contribution in [0, 0.1) is 0 Å². The van der Waals surface area contributed by atoms with Crippen LogP contribution in [0.1, 0.15) is 47.2 Å². The SMILES string of the molecule is [2H]C([2H])(O[C@@H]1CCCC[C@H]1N1CC([2H])([2H])[C@@]([2H])(O)C1)C([2H])([2H])c1ccc(O)c(OC)c1. The number of rotatable bonds is 6. The molecule has 1 aliphatic heterocycles. The Morgan fingerprint density at radius 1 is 1.42 bits per heavy atom. The van der Waals surface area contributed by atoms with Crippen LogP contribution in [0.15, 0.2) is 18.2 Å². The predicted octanol–water partition coefficient (Wildman–Crippen LogP) is 2.34. The maximum atomic E-state index is 10.1. The number of ether oxygens (including phenoxy) is 2. The molecule has 24 heavy (non-hydrogen) atoms. The van der Waals surface area contributed by atoms with Crippen LogP contribution >= 0.6 is 0 Å². The topological polar surface area (TPSA) is 62.2 Å². The van der Waals surface area contributed by atoms with E-state index < -0.39 is 37.5 Å². The molecule has 3 atom stereocenters. The summed E-state index contributed by atoms with van der Waals surface area (Å²) in [5.74, 6) is -0.177. The molecule has 3 rings (SSSR count). The number of hydrogen-bond acceptors (Lipinski definition) is 5. The number of phenols is 1. The van der Waals surface area contributed by atoms with Gasteiger partial charge in [-0.05, 0) is 43.3 Å². The van der Waals surface area contributed by atoms with Crippen LogP contribution in [0.4, 0.5) is 0 Å². The first-order valence-electron chi connectivity index (χ1n) is 11.7. The zero-order valence-corrected chi connectivity index (χ0v) is 13.8. The summed E-state index contributed by atoms with van der Waals surface area (Å²) in [5, 5.41) is 19.9. The number of nitrogens with zero attached hydrogens (tertiary/aromatic N) is 1. The Labute approximate surface area is 154 Å². The van der Waals surface area contributed by atoms with Gasteiger partial charge in [-0.2, -0.15) is 0 Å². The minimum Gasteiger partial charge on any atom is -0.504 e. The van der Waals surface area contributed by atoms with E-state index in [9.17, 15) is 10.2 Å². The summed E-state index contributed by atoms with van der Waals surface area (Å²) in [4.78, 5) is 1.62. The normalized spacial score (nSPS) is 38.8. The predicted molar refractivity (Wildman–Crippen MR) is 92.6 cm³/mol. The Balaban J connectivity index is 1.83. The Morgan fingerprint density at radius 2 is 2.25 bits per heavy atom. The molecule has 2 fully saturated rings. The second-order valence-electron chi connectivity index (χ2n) is 6.15. The van der Waals surface area contributed by atoms with Gasteiger partial charge in [-0.15, -0.1) is 0 Å².